The quantitative estimate of drug-likeness (QED) is 0.561. The molecule has 1 aromatic heterocycles. The van der Waals surface area contributed by atoms with Crippen molar-refractivity contribution in [1.29, 1.82) is 0 Å². The van der Waals surface area contributed by atoms with E-state index in [-0.39, 0.29) is 17.3 Å². The summed E-state index contributed by atoms with van der Waals surface area (Å²) >= 11 is 1.50. The molecular formula is C19H26N4O5S2. The second-order valence-corrected chi connectivity index (χ2v) is 9.53. The highest BCUT2D eigenvalue weighted by molar-refractivity contribution is 7.98. The second kappa shape index (κ2) is 10.6. The Kier molecular flexibility index (Phi) is 8.44. The summed E-state index contributed by atoms with van der Waals surface area (Å²) in [6.45, 7) is 3.29. The average molecular weight is 455 g/mol. The van der Waals surface area contributed by atoms with E-state index in [0.29, 0.717) is 17.9 Å². The summed E-state index contributed by atoms with van der Waals surface area (Å²) in [6, 6.07) is 6.92. The molecule has 0 saturated heterocycles. The van der Waals surface area contributed by atoms with Crippen molar-refractivity contribution in [1.82, 2.24) is 14.8 Å². The fraction of sp³-hybridized carbons (Fsp3) is 0.421. The summed E-state index contributed by atoms with van der Waals surface area (Å²) in [6.07, 6.45) is 2.16. The fourth-order valence-corrected chi connectivity index (χ4v) is 4.30. The molecule has 0 aliphatic heterocycles. The molecule has 1 aromatic carbocycles. The van der Waals surface area contributed by atoms with Gasteiger partial charge in [-0.3, -0.25) is 9.59 Å². The number of carbonyl (C=O) groups is 2. The van der Waals surface area contributed by atoms with Crippen LogP contribution in [0, 0.1) is 13.8 Å². The number of sulfonamides is 1. The minimum atomic E-state index is -3.89. The van der Waals surface area contributed by atoms with Crippen molar-refractivity contribution in [2.45, 2.75) is 31.2 Å². The molecule has 0 fully saturated rings. The van der Waals surface area contributed by atoms with Crippen LogP contribution >= 0.6 is 11.8 Å². The summed E-state index contributed by atoms with van der Waals surface area (Å²) in [5.74, 6) is 0.399. The number of hydrogen-bond donors (Lipinski definition) is 2. The van der Waals surface area contributed by atoms with Crippen LogP contribution in [0.2, 0.25) is 0 Å². The molecule has 0 saturated carbocycles. The van der Waals surface area contributed by atoms with Crippen molar-refractivity contribution in [2.24, 2.45) is 0 Å². The Morgan fingerprint density at radius 3 is 2.47 bits per heavy atom. The minimum absolute atomic E-state index is 0.0804. The van der Waals surface area contributed by atoms with Crippen LogP contribution in [-0.4, -0.2) is 61.9 Å². The van der Waals surface area contributed by atoms with Gasteiger partial charge in [-0.15, -0.1) is 0 Å². The number of aryl methyl sites for hydroxylation is 2. The maximum atomic E-state index is 12.9. The minimum Gasteiger partial charge on any atom is -0.360 e. The Bertz CT molecular complexity index is 973. The van der Waals surface area contributed by atoms with Gasteiger partial charge in [-0.1, -0.05) is 22.9 Å². The molecular weight excluding hydrogens is 428 g/mol. The summed E-state index contributed by atoms with van der Waals surface area (Å²) in [5, 5.41) is 6.20. The Balaban J connectivity index is 2.07. The van der Waals surface area contributed by atoms with Crippen LogP contribution in [0.25, 0.3) is 0 Å². The van der Waals surface area contributed by atoms with Crippen molar-refractivity contribution in [3.8, 4) is 0 Å². The molecule has 2 N–H and O–H groups in total. The zero-order valence-corrected chi connectivity index (χ0v) is 19.0. The predicted molar refractivity (Wildman–Crippen MR) is 116 cm³/mol. The van der Waals surface area contributed by atoms with E-state index in [0.717, 1.165) is 5.56 Å². The van der Waals surface area contributed by atoms with Crippen molar-refractivity contribution >= 4 is 39.4 Å². The number of hydrogen-bond acceptors (Lipinski definition) is 7. The normalized spacial score (nSPS) is 12.4. The molecule has 0 aliphatic rings. The Labute approximate surface area is 180 Å². The highest BCUT2D eigenvalue weighted by Gasteiger charge is 2.28. The van der Waals surface area contributed by atoms with Crippen molar-refractivity contribution in [2.75, 3.05) is 30.9 Å². The predicted octanol–water partition coefficient (Wildman–Crippen LogP) is 1.79. The molecule has 0 aliphatic carbocycles. The van der Waals surface area contributed by atoms with Crippen molar-refractivity contribution in [3.05, 3.63) is 41.7 Å². The number of thioether (sulfide) groups is 1. The fourth-order valence-electron chi connectivity index (χ4n) is 2.61. The monoisotopic (exact) mass is 454 g/mol. The van der Waals surface area contributed by atoms with E-state index < -0.39 is 27.9 Å². The Morgan fingerprint density at radius 2 is 1.90 bits per heavy atom. The molecule has 9 nitrogen and oxygen atoms in total. The van der Waals surface area contributed by atoms with E-state index in [9.17, 15) is 18.0 Å². The molecule has 30 heavy (non-hydrogen) atoms. The first-order valence-electron chi connectivity index (χ1n) is 9.18. The van der Waals surface area contributed by atoms with Gasteiger partial charge in [0.2, 0.25) is 21.8 Å². The molecule has 11 heteroatoms. The van der Waals surface area contributed by atoms with E-state index in [2.05, 4.69) is 15.2 Å². The van der Waals surface area contributed by atoms with Gasteiger partial charge in [0.05, 0.1) is 11.4 Å². The lowest BCUT2D eigenvalue weighted by atomic mass is 10.2. The number of aromatic nitrogens is 1. The summed E-state index contributed by atoms with van der Waals surface area (Å²) in [4.78, 5) is 26.3. The van der Waals surface area contributed by atoms with Crippen LogP contribution in [0.1, 0.15) is 17.7 Å². The van der Waals surface area contributed by atoms with Crippen LogP contribution in [0.15, 0.2) is 39.8 Å². The van der Waals surface area contributed by atoms with Gasteiger partial charge < -0.3 is 14.7 Å². The summed E-state index contributed by atoms with van der Waals surface area (Å²) in [7, 11) is -2.44. The lowest BCUT2D eigenvalue weighted by molar-refractivity contribution is -0.134. The SMILES string of the molecule is CSCCC(NS(=O)(=O)c1ccc(C)cc1)C(=O)N(C)CC(=O)Nc1cc(C)on1. The van der Waals surface area contributed by atoms with Gasteiger partial charge in [0.1, 0.15) is 11.8 Å². The van der Waals surface area contributed by atoms with Gasteiger partial charge in [0, 0.05) is 13.1 Å². The smallest absolute Gasteiger partial charge is 0.245 e. The molecule has 0 bridgehead atoms. The zero-order chi connectivity index (χ0) is 22.3. The number of anilines is 1. The number of nitrogens with one attached hydrogen (secondary N) is 2. The van der Waals surface area contributed by atoms with Gasteiger partial charge in [-0.05, 0) is 44.4 Å². The number of nitrogens with zero attached hydrogens (tertiary/aromatic N) is 2. The largest absolute Gasteiger partial charge is 0.360 e. The Morgan fingerprint density at radius 1 is 1.23 bits per heavy atom. The number of amides is 2. The maximum absolute atomic E-state index is 12.9. The van der Waals surface area contributed by atoms with Gasteiger partial charge in [-0.2, -0.15) is 16.5 Å². The number of likely N-dealkylation sites (N-methyl/N-ethyl adjacent to an activating group) is 1. The molecule has 164 valence electrons. The maximum Gasteiger partial charge on any atom is 0.245 e. The van der Waals surface area contributed by atoms with E-state index in [4.69, 9.17) is 4.52 Å². The molecule has 2 aromatic rings. The van der Waals surface area contributed by atoms with Crippen molar-refractivity contribution in [3.63, 3.8) is 0 Å². The molecule has 1 heterocycles. The third-order valence-electron chi connectivity index (χ3n) is 4.19. The first kappa shape index (κ1) is 23.9. The highest BCUT2D eigenvalue weighted by atomic mass is 32.2. The molecule has 1 unspecified atom stereocenters. The van der Waals surface area contributed by atoms with Crippen LogP contribution in [0.3, 0.4) is 0 Å². The van der Waals surface area contributed by atoms with Crippen LogP contribution < -0.4 is 10.0 Å². The van der Waals surface area contributed by atoms with Crippen LogP contribution in [0.5, 0.6) is 0 Å². The zero-order valence-electron chi connectivity index (χ0n) is 17.3. The summed E-state index contributed by atoms with van der Waals surface area (Å²) < 4.78 is 32.8. The molecule has 0 radical (unpaired) electrons. The van der Waals surface area contributed by atoms with Gasteiger partial charge in [0.15, 0.2) is 5.82 Å². The number of benzene rings is 1. The second-order valence-electron chi connectivity index (χ2n) is 6.83. The standard InChI is InChI=1S/C19H26N4O5S2/c1-13-5-7-15(8-6-13)30(26,27)22-16(9-10-29-4)19(25)23(3)12-18(24)20-17-11-14(2)28-21-17/h5-8,11,16,22H,9-10,12H2,1-4H3,(H,20,21,24). The molecule has 2 rings (SSSR count). The molecule has 0 spiro atoms. The van der Waals surface area contributed by atoms with E-state index >= 15 is 0 Å². The third kappa shape index (κ3) is 6.85. The first-order valence-corrected chi connectivity index (χ1v) is 12.1. The van der Waals surface area contributed by atoms with Crippen molar-refractivity contribution < 1.29 is 22.5 Å². The Hall–Kier alpha value is -2.37. The topological polar surface area (TPSA) is 122 Å². The number of rotatable bonds is 10. The van der Waals surface area contributed by atoms with E-state index in [1.54, 1.807) is 25.1 Å². The van der Waals surface area contributed by atoms with Crippen LogP contribution in [-0.2, 0) is 19.6 Å². The van der Waals surface area contributed by atoms with Gasteiger partial charge in [0.25, 0.3) is 0 Å². The average Bonchev–Trinajstić information content (AvgIpc) is 3.09. The van der Waals surface area contributed by atoms with E-state index in [1.807, 2.05) is 13.2 Å². The number of carbonyl (C=O) groups excluding carboxylic acids is 2. The van der Waals surface area contributed by atoms with Crippen LogP contribution in [0.4, 0.5) is 5.82 Å². The van der Waals surface area contributed by atoms with Gasteiger partial charge >= 0.3 is 0 Å². The third-order valence-corrected chi connectivity index (χ3v) is 6.32. The molecule has 1 atom stereocenters. The lowest BCUT2D eigenvalue weighted by Gasteiger charge is -2.24. The van der Waals surface area contributed by atoms with Gasteiger partial charge in [-0.25, -0.2) is 8.42 Å². The van der Waals surface area contributed by atoms with E-state index in [1.165, 1.54) is 35.8 Å². The lowest BCUT2D eigenvalue weighted by Crippen LogP contribution is -2.49. The summed E-state index contributed by atoms with van der Waals surface area (Å²) in [5.41, 5.74) is 0.928. The molecule has 2 amide bonds. The first-order chi connectivity index (χ1) is 14.1. The highest BCUT2D eigenvalue weighted by Crippen LogP contribution is 2.13.